The molecule has 0 radical (unpaired) electrons. The molecule has 1 unspecified atom stereocenters. The van der Waals surface area contributed by atoms with Crippen molar-refractivity contribution in [3.63, 3.8) is 0 Å². The maximum Gasteiger partial charge on any atom is 0.231 e. The van der Waals surface area contributed by atoms with Crippen molar-refractivity contribution in [2.75, 3.05) is 6.79 Å². The smallest absolute Gasteiger partial charge is 0.231 e. The Bertz CT molecular complexity index is 691. The monoisotopic (exact) mass is 328 g/mol. The Morgan fingerprint density at radius 3 is 2.71 bits per heavy atom. The molecule has 1 N–H and O–H groups in total. The van der Waals surface area contributed by atoms with Gasteiger partial charge in [0.25, 0.3) is 0 Å². The summed E-state index contributed by atoms with van der Waals surface area (Å²) >= 11 is 11.7. The van der Waals surface area contributed by atoms with Crippen LogP contribution < -0.4 is 9.47 Å². The maximum absolute atomic E-state index is 13.4. The molecule has 0 saturated carbocycles. The molecule has 2 aromatic rings. The normalized spacial score (nSPS) is 14.3. The number of benzene rings is 2. The molecule has 0 aromatic heterocycles. The van der Waals surface area contributed by atoms with E-state index in [1.807, 2.05) is 0 Å². The second-order valence-electron chi connectivity index (χ2n) is 4.70. The Morgan fingerprint density at radius 1 is 1.14 bits per heavy atom. The molecule has 21 heavy (non-hydrogen) atoms. The number of hydrogen-bond acceptors (Lipinski definition) is 3. The Kier molecular flexibility index (Phi) is 3.93. The van der Waals surface area contributed by atoms with Gasteiger partial charge >= 0.3 is 0 Å². The van der Waals surface area contributed by atoms with Crippen molar-refractivity contribution < 1.29 is 19.0 Å². The van der Waals surface area contributed by atoms with Gasteiger partial charge < -0.3 is 14.6 Å². The molecule has 0 saturated heterocycles. The van der Waals surface area contributed by atoms with E-state index in [1.165, 1.54) is 12.1 Å². The summed E-state index contributed by atoms with van der Waals surface area (Å²) < 4.78 is 23.9. The summed E-state index contributed by atoms with van der Waals surface area (Å²) in [6, 6.07) is 7.73. The maximum atomic E-state index is 13.4. The van der Waals surface area contributed by atoms with Gasteiger partial charge in [-0.3, -0.25) is 0 Å². The molecule has 0 amide bonds. The highest BCUT2D eigenvalue weighted by molar-refractivity contribution is 6.32. The molecule has 1 aliphatic heterocycles. The molecule has 1 aliphatic rings. The van der Waals surface area contributed by atoms with E-state index in [-0.39, 0.29) is 18.2 Å². The largest absolute Gasteiger partial charge is 0.454 e. The highest BCUT2D eigenvalue weighted by Crippen LogP contribution is 2.41. The van der Waals surface area contributed by atoms with Crippen molar-refractivity contribution in [3.8, 4) is 11.5 Å². The molecular weight excluding hydrogens is 318 g/mol. The zero-order valence-electron chi connectivity index (χ0n) is 10.8. The summed E-state index contributed by atoms with van der Waals surface area (Å²) in [6.45, 7) is 0.108. The van der Waals surface area contributed by atoms with Crippen LogP contribution in [0.5, 0.6) is 11.5 Å². The van der Waals surface area contributed by atoms with Gasteiger partial charge in [-0.1, -0.05) is 29.3 Å². The fraction of sp³-hybridized carbons (Fsp3) is 0.200. The van der Waals surface area contributed by atoms with Gasteiger partial charge in [0, 0.05) is 6.42 Å². The number of rotatable bonds is 3. The minimum Gasteiger partial charge on any atom is -0.454 e. The van der Waals surface area contributed by atoms with Crippen molar-refractivity contribution >= 4 is 23.2 Å². The van der Waals surface area contributed by atoms with E-state index in [0.717, 1.165) is 0 Å². The fourth-order valence-corrected chi connectivity index (χ4v) is 2.58. The third kappa shape index (κ3) is 2.93. The number of aliphatic hydroxyl groups excluding tert-OH is 1. The molecule has 1 heterocycles. The fourth-order valence-electron chi connectivity index (χ4n) is 2.19. The van der Waals surface area contributed by atoms with E-state index < -0.39 is 11.9 Å². The molecule has 0 fully saturated rings. The van der Waals surface area contributed by atoms with Crippen LogP contribution in [-0.2, 0) is 6.42 Å². The number of hydrogen-bond donors (Lipinski definition) is 1. The minimum atomic E-state index is -0.836. The first-order valence-corrected chi connectivity index (χ1v) is 7.01. The summed E-state index contributed by atoms with van der Waals surface area (Å²) in [5.74, 6) is 0.467. The third-order valence-electron chi connectivity index (χ3n) is 3.25. The SMILES string of the molecule is OC(Cc1ccc(Cl)c(F)c1)c1cc(Cl)c2c(c1)OCO2. The van der Waals surface area contributed by atoms with E-state index >= 15 is 0 Å². The van der Waals surface area contributed by atoms with E-state index in [0.29, 0.717) is 27.6 Å². The summed E-state index contributed by atoms with van der Waals surface area (Å²) in [4.78, 5) is 0. The molecule has 0 bridgehead atoms. The van der Waals surface area contributed by atoms with Gasteiger partial charge in [0.15, 0.2) is 11.5 Å². The van der Waals surface area contributed by atoms with Gasteiger partial charge in [-0.15, -0.1) is 0 Å². The lowest BCUT2D eigenvalue weighted by Gasteiger charge is -2.13. The number of ether oxygens (including phenoxy) is 2. The second kappa shape index (κ2) is 5.72. The van der Waals surface area contributed by atoms with Gasteiger partial charge in [0.05, 0.1) is 16.1 Å². The topological polar surface area (TPSA) is 38.7 Å². The van der Waals surface area contributed by atoms with Crippen molar-refractivity contribution in [1.82, 2.24) is 0 Å². The average Bonchev–Trinajstić information content (AvgIpc) is 2.92. The van der Waals surface area contributed by atoms with Crippen LogP contribution in [0.25, 0.3) is 0 Å². The summed E-state index contributed by atoms with van der Waals surface area (Å²) in [7, 11) is 0. The van der Waals surface area contributed by atoms with Gasteiger partial charge in [-0.05, 0) is 35.4 Å². The van der Waals surface area contributed by atoms with Crippen molar-refractivity contribution in [3.05, 3.63) is 57.3 Å². The van der Waals surface area contributed by atoms with Crippen LogP contribution in [0.15, 0.2) is 30.3 Å². The van der Waals surface area contributed by atoms with E-state index in [4.69, 9.17) is 32.7 Å². The summed E-state index contributed by atoms with van der Waals surface area (Å²) in [5, 5.41) is 10.7. The van der Waals surface area contributed by atoms with Gasteiger partial charge in [-0.2, -0.15) is 0 Å². The Morgan fingerprint density at radius 2 is 1.95 bits per heavy atom. The molecule has 3 nitrogen and oxygen atoms in total. The van der Waals surface area contributed by atoms with Crippen molar-refractivity contribution in [2.24, 2.45) is 0 Å². The first-order valence-electron chi connectivity index (χ1n) is 6.25. The summed E-state index contributed by atoms with van der Waals surface area (Å²) in [5.41, 5.74) is 1.22. The van der Waals surface area contributed by atoms with Gasteiger partial charge in [0.2, 0.25) is 6.79 Å². The molecule has 6 heteroatoms. The predicted octanol–water partition coefficient (Wildman–Crippen LogP) is 4.14. The molecule has 1 atom stereocenters. The minimum absolute atomic E-state index is 0.0550. The van der Waals surface area contributed by atoms with Crippen LogP contribution in [0, 0.1) is 5.82 Å². The lowest BCUT2D eigenvalue weighted by molar-refractivity contribution is 0.171. The van der Waals surface area contributed by atoms with Gasteiger partial charge in [0.1, 0.15) is 5.82 Å². The lowest BCUT2D eigenvalue weighted by Crippen LogP contribution is -2.02. The number of fused-ring (bicyclic) bond motifs is 1. The lowest BCUT2D eigenvalue weighted by atomic mass is 10.0. The molecular formula is C15H11Cl2FO3. The van der Waals surface area contributed by atoms with E-state index in [1.54, 1.807) is 18.2 Å². The average molecular weight is 329 g/mol. The Labute approximate surface area is 130 Å². The van der Waals surface area contributed by atoms with E-state index in [2.05, 4.69) is 0 Å². The highest BCUT2D eigenvalue weighted by atomic mass is 35.5. The molecule has 0 spiro atoms. The van der Waals surface area contributed by atoms with Crippen LogP contribution in [-0.4, -0.2) is 11.9 Å². The molecule has 110 valence electrons. The van der Waals surface area contributed by atoms with Gasteiger partial charge in [-0.25, -0.2) is 4.39 Å². The van der Waals surface area contributed by atoms with Crippen LogP contribution in [0.1, 0.15) is 17.2 Å². The first kappa shape index (κ1) is 14.4. The Balaban J connectivity index is 1.83. The number of halogens is 3. The number of aliphatic hydroxyl groups is 1. The predicted molar refractivity (Wildman–Crippen MR) is 77.6 cm³/mol. The summed E-state index contributed by atoms with van der Waals surface area (Å²) in [6.07, 6.45) is -0.595. The molecule has 2 aromatic carbocycles. The van der Waals surface area contributed by atoms with Crippen molar-refractivity contribution in [2.45, 2.75) is 12.5 Å². The second-order valence-corrected chi connectivity index (χ2v) is 5.52. The van der Waals surface area contributed by atoms with Crippen LogP contribution in [0.2, 0.25) is 10.0 Å². The molecule has 0 aliphatic carbocycles. The van der Waals surface area contributed by atoms with Crippen LogP contribution in [0.4, 0.5) is 4.39 Å². The van der Waals surface area contributed by atoms with Crippen LogP contribution >= 0.6 is 23.2 Å². The van der Waals surface area contributed by atoms with E-state index in [9.17, 15) is 9.50 Å². The standard InChI is InChI=1S/C15H11Cl2FO3/c16-10-2-1-8(3-12(10)18)4-13(19)9-5-11(17)15-14(6-9)20-7-21-15/h1-3,5-6,13,19H,4,7H2. The zero-order valence-corrected chi connectivity index (χ0v) is 12.3. The third-order valence-corrected chi connectivity index (χ3v) is 3.83. The molecule has 3 rings (SSSR count). The Hall–Kier alpha value is -1.49. The quantitative estimate of drug-likeness (QED) is 0.920. The highest BCUT2D eigenvalue weighted by Gasteiger charge is 2.21. The van der Waals surface area contributed by atoms with Crippen LogP contribution in [0.3, 0.4) is 0 Å². The first-order chi connectivity index (χ1) is 10.0. The van der Waals surface area contributed by atoms with Crippen molar-refractivity contribution in [1.29, 1.82) is 0 Å². The zero-order chi connectivity index (χ0) is 15.0.